The van der Waals surface area contributed by atoms with Gasteiger partial charge in [-0.1, -0.05) is 18.2 Å². The predicted molar refractivity (Wildman–Crippen MR) is 85.6 cm³/mol. The van der Waals surface area contributed by atoms with Crippen LogP contribution in [0.5, 0.6) is 0 Å². The number of benzene rings is 1. The first-order valence-corrected chi connectivity index (χ1v) is 7.19. The number of hydrogen-bond donors (Lipinski definition) is 1. The molecule has 0 unspecified atom stereocenters. The maximum absolute atomic E-state index is 5.48. The molecule has 0 atom stereocenters. The van der Waals surface area contributed by atoms with E-state index >= 15 is 0 Å². The molecule has 1 saturated carbocycles. The lowest BCUT2D eigenvalue weighted by Gasteiger charge is -2.49. The highest BCUT2D eigenvalue weighted by Gasteiger charge is 2.40. The fourth-order valence-electron chi connectivity index (χ4n) is 2.59. The molecule has 0 saturated heterocycles. The summed E-state index contributed by atoms with van der Waals surface area (Å²) in [5.74, 6) is 0. The van der Waals surface area contributed by atoms with Crippen molar-refractivity contribution >= 4 is 23.0 Å². The highest BCUT2D eigenvalue weighted by molar-refractivity contribution is 7.80. The molecule has 1 aliphatic carbocycles. The highest BCUT2D eigenvalue weighted by Crippen LogP contribution is 2.36. The van der Waals surface area contributed by atoms with Crippen molar-refractivity contribution in [3.8, 4) is 0 Å². The molecule has 0 spiro atoms. The summed E-state index contributed by atoms with van der Waals surface area (Å²) >= 11 is 5.48. The van der Waals surface area contributed by atoms with Gasteiger partial charge in [0.2, 0.25) is 0 Å². The number of likely N-dealkylation sites (N-methyl/N-ethyl adjacent to an activating group) is 2. The van der Waals surface area contributed by atoms with Crippen molar-refractivity contribution in [2.75, 3.05) is 33.0 Å². The zero-order valence-electron chi connectivity index (χ0n) is 12.0. The quantitative estimate of drug-likeness (QED) is 0.853. The second-order valence-corrected chi connectivity index (χ2v) is 6.01. The summed E-state index contributed by atoms with van der Waals surface area (Å²) in [7, 11) is 6.41. The van der Waals surface area contributed by atoms with Crippen LogP contribution in [-0.4, -0.2) is 48.1 Å². The Balaban J connectivity index is 1.92. The number of nitrogens with zero attached hydrogens (tertiary/aromatic N) is 2. The Bertz CT molecular complexity index is 426. The van der Waals surface area contributed by atoms with Gasteiger partial charge in [-0.3, -0.25) is 0 Å². The molecule has 4 heteroatoms. The van der Waals surface area contributed by atoms with Crippen molar-refractivity contribution in [2.45, 2.75) is 24.8 Å². The maximum atomic E-state index is 5.48. The summed E-state index contributed by atoms with van der Waals surface area (Å²) in [6.45, 7) is 0.985. The molecule has 104 valence electrons. The predicted octanol–water partition coefficient (Wildman–Crippen LogP) is 2.80. The SMILES string of the molecule is CN(CC1(N(C)C)CCC1)C(=S)Nc1ccccc1. The Hall–Kier alpha value is -1.13. The van der Waals surface area contributed by atoms with Crippen LogP contribution in [0.2, 0.25) is 0 Å². The Morgan fingerprint density at radius 2 is 1.84 bits per heavy atom. The van der Waals surface area contributed by atoms with Crippen LogP contribution in [0.1, 0.15) is 19.3 Å². The van der Waals surface area contributed by atoms with Crippen LogP contribution in [0.4, 0.5) is 5.69 Å². The van der Waals surface area contributed by atoms with Gasteiger partial charge in [-0.15, -0.1) is 0 Å². The highest BCUT2D eigenvalue weighted by atomic mass is 32.1. The number of thiocarbonyl (C=S) groups is 1. The van der Waals surface area contributed by atoms with Crippen molar-refractivity contribution in [3.05, 3.63) is 30.3 Å². The molecule has 19 heavy (non-hydrogen) atoms. The summed E-state index contributed by atoms with van der Waals surface area (Å²) in [6, 6.07) is 10.1. The van der Waals surface area contributed by atoms with E-state index in [0.29, 0.717) is 5.54 Å². The van der Waals surface area contributed by atoms with E-state index in [0.717, 1.165) is 17.3 Å². The van der Waals surface area contributed by atoms with Crippen LogP contribution >= 0.6 is 12.2 Å². The van der Waals surface area contributed by atoms with Gasteiger partial charge in [-0.2, -0.15) is 0 Å². The Labute approximate surface area is 121 Å². The van der Waals surface area contributed by atoms with Gasteiger partial charge in [0.1, 0.15) is 0 Å². The van der Waals surface area contributed by atoms with Gasteiger partial charge in [0.15, 0.2) is 5.11 Å². The van der Waals surface area contributed by atoms with Crippen LogP contribution in [0.3, 0.4) is 0 Å². The van der Waals surface area contributed by atoms with Gasteiger partial charge in [0, 0.05) is 24.8 Å². The molecule has 1 aliphatic rings. The van der Waals surface area contributed by atoms with Crippen LogP contribution in [0.15, 0.2) is 30.3 Å². The normalized spacial score (nSPS) is 16.8. The third kappa shape index (κ3) is 3.25. The van der Waals surface area contributed by atoms with Gasteiger partial charge in [-0.05, 0) is 57.7 Å². The van der Waals surface area contributed by atoms with Crippen molar-refractivity contribution in [3.63, 3.8) is 0 Å². The zero-order valence-corrected chi connectivity index (χ0v) is 12.8. The molecule has 1 fully saturated rings. The van der Waals surface area contributed by atoms with E-state index < -0.39 is 0 Å². The van der Waals surface area contributed by atoms with Crippen LogP contribution in [-0.2, 0) is 0 Å². The molecule has 0 amide bonds. The number of rotatable bonds is 4. The fourth-order valence-corrected chi connectivity index (χ4v) is 2.77. The third-order valence-corrected chi connectivity index (χ3v) is 4.55. The van der Waals surface area contributed by atoms with Gasteiger partial charge in [0.25, 0.3) is 0 Å². The van der Waals surface area contributed by atoms with Crippen LogP contribution in [0, 0.1) is 0 Å². The van der Waals surface area contributed by atoms with E-state index in [9.17, 15) is 0 Å². The fraction of sp³-hybridized carbons (Fsp3) is 0.533. The minimum absolute atomic E-state index is 0.303. The second kappa shape index (κ2) is 5.88. The standard InChI is InChI=1S/C15H23N3S/c1-17(2)15(10-7-11-15)12-18(3)14(19)16-13-8-5-4-6-9-13/h4-6,8-9H,7,10-12H2,1-3H3,(H,16,19). The summed E-state index contributed by atoms with van der Waals surface area (Å²) in [5, 5.41) is 4.08. The average Bonchev–Trinajstić information content (AvgIpc) is 2.34. The zero-order chi connectivity index (χ0) is 13.9. The Morgan fingerprint density at radius 1 is 1.21 bits per heavy atom. The summed E-state index contributed by atoms with van der Waals surface area (Å²) in [4.78, 5) is 4.50. The van der Waals surface area contributed by atoms with Crippen molar-refractivity contribution < 1.29 is 0 Å². The lowest BCUT2D eigenvalue weighted by Crippen LogP contribution is -2.57. The van der Waals surface area contributed by atoms with Crippen LogP contribution in [0.25, 0.3) is 0 Å². The van der Waals surface area contributed by atoms with E-state index in [2.05, 4.69) is 36.3 Å². The van der Waals surface area contributed by atoms with Crippen LogP contribution < -0.4 is 5.32 Å². The molecule has 2 rings (SSSR count). The minimum atomic E-state index is 0.303. The maximum Gasteiger partial charge on any atom is 0.173 e. The smallest absolute Gasteiger partial charge is 0.173 e. The monoisotopic (exact) mass is 277 g/mol. The molecule has 0 heterocycles. The molecule has 1 N–H and O–H groups in total. The topological polar surface area (TPSA) is 18.5 Å². The molecule has 1 aromatic rings. The lowest BCUT2D eigenvalue weighted by atomic mass is 9.75. The third-order valence-electron chi connectivity index (χ3n) is 4.14. The summed E-state index contributed by atoms with van der Waals surface area (Å²) < 4.78 is 0. The second-order valence-electron chi connectivity index (χ2n) is 5.62. The minimum Gasteiger partial charge on any atom is -0.350 e. The van der Waals surface area contributed by atoms with Gasteiger partial charge in [-0.25, -0.2) is 0 Å². The Kier molecular flexibility index (Phi) is 4.42. The number of anilines is 1. The first-order chi connectivity index (χ1) is 9.03. The molecule has 0 bridgehead atoms. The molecule has 3 nitrogen and oxygen atoms in total. The van der Waals surface area contributed by atoms with Crippen molar-refractivity contribution in [1.82, 2.24) is 9.80 Å². The number of hydrogen-bond acceptors (Lipinski definition) is 2. The van der Waals surface area contributed by atoms with E-state index in [1.54, 1.807) is 0 Å². The van der Waals surface area contributed by atoms with E-state index in [1.807, 2.05) is 30.3 Å². The van der Waals surface area contributed by atoms with Crippen molar-refractivity contribution in [2.24, 2.45) is 0 Å². The largest absolute Gasteiger partial charge is 0.350 e. The van der Waals surface area contributed by atoms with E-state index in [-0.39, 0.29) is 0 Å². The molecule has 0 aromatic heterocycles. The van der Waals surface area contributed by atoms with E-state index in [1.165, 1.54) is 19.3 Å². The first-order valence-electron chi connectivity index (χ1n) is 6.78. The average molecular weight is 277 g/mol. The first kappa shape index (κ1) is 14.3. The lowest BCUT2D eigenvalue weighted by molar-refractivity contribution is 0.0435. The van der Waals surface area contributed by atoms with Gasteiger partial charge >= 0.3 is 0 Å². The summed E-state index contributed by atoms with van der Waals surface area (Å²) in [6.07, 6.45) is 3.85. The van der Waals surface area contributed by atoms with Gasteiger partial charge < -0.3 is 15.1 Å². The molecular weight excluding hydrogens is 254 g/mol. The molecule has 0 aliphatic heterocycles. The summed E-state index contributed by atoms with van der Waals surface area (Å²) in [5.41, 5.74) is 1.35. The molecule has 1 aromatic carbocycles. The van der Waals surface area contributed by atoms with Crippen molar-refractivity contribution in [1.29, 1.82) is 0 Å². The molecular formula is C15H23N3S. The van der Waals surface area contributed by atoms with Gasteiger partial charge in [0.05, 0.1) is 0 Å². The Morgan fingerprint density at radius 3 is 2.32 bits per heavy atom. The van der Waals surface area contributed by atoms with E-state index in [4.69, 9.17) is 12.2 Å². The molecule has 0 radical (unpaired) electrons. The number of para-hydroxylation sites is 1. The number of nitrogens with one attached hydrogen (secondary N) is 1.